The van der Waals surface area contributed by atoms with Gasteiger partial charge in [-0.2, -0.15) is 0 Å². The normalized spacial score (nSPS) is 25.3. The van der Waals surface area contributed by atoms with E-state index in [4.69, 9.17) is 0 Å². The van der Waals surface area contributed by atoms with Gasteiger partial charge < -0.3 is 0 Å². The zero-order valence-electron chi connectivity index (χ0n) is 18.8. The Kier molecular flexibility index (Phi) is 11.9. The Morgan fingerprint density at radius 3 is 1.65 bits per heavy atom. The first kappa shape index (κ1) is 25.5. The summed E-state index contributed by atoms with van der Waals surface area (Å²) >= 11 is 0.769. The van der Waals surface area contributed by atoms with Crippen LogP contribution in [0.15, 0.2) is 0 Å². The van der Waals surface area contributed by atoms with Crippen molar-refractivity contribution in [3.63, 3.8) is 0 Å². The fourth-order valence-electron chi connectivity index (χ4n) is 4.50. The molecule has 0 radical (unpaired) electrons. The molecule has 0 aromatic rings. The second-order valence-electron chi connectivity index (χ2n) is 10.3. The predicted molar refractivity (Wildman–Crippen MR) is 110 cm³/mol. The number of halogens is 2. The summed E-state index contributed by atoms with van der Waals surface area (Å²) in [6, 6.07) is 0. The Morgan fingerprint density at radius 1 is 0.769 bits per heavy atom. The van der Waals surface area contributed by atoms with Gasteiger partial charge in [0.05, 0.1) is 0 Å². The molecule has 1 nitrogen and oxygen atoms in total. The van der Waals surface area contributed by atoms with Gasteiger partial charge in [-0.15, -0.1) is 0 Å². The molecule has 160 valence electrons. The van der Waals surface area contributed by atoms with Gasteiger partial charge in [-0.1, -0.05) is 0 Å². The fourth-order valence-corrected chi connectivity index (χ4v) is 12.5. The molecule has 1 aliphatic carbocycles. The first-order chi connectivity index (χ1) is 12.1. The van der Waals surface area contributed by atoms with Crippen molar-refractivity contribution in [1.29, 1.82) is 0 Å². The van der Waals surface area contributed by atoms with Crippen molar-refractivity contribution >= 4 is 0 Å². The van der Waals surface area contributed by atoms with Crippen molar-refractivity contribution in [1.82, 2.24) is 5.32 Å². The van der Waals surface area contributed by atoms with Crippen LogP contribution in [0, 0.1) is 16.2 Å². The second kappa shape index (κ2) is 12.2. The van der Waals surface area contributed by atoms with Gasteiger partial charge in [0, 0.05) is 0 Å². The van der Waals surface area contributed by atoms with E-state index in [1.165, 1.54) is 57.8 Å². The molecule has 0 aliphatic heterocycles. The molecule has 1 fully saturated rings. The maximum atomic E-state index is 3.97. The van der Waals surface area contributed by atoms with Crippen molar-refractivity contribution in [2.75, 3.05) is 20.3 Å². The first-order valence-electron chi connectivity index (χ1n) is 10.9. The average Bonchev–Trinajstić information content (AvgIpc) is 2.52. The Bertz CT molecular complexity index is 356. The number of hydrogen-bond acceptors (Lipinski definition) is 1. The van der Waals surface area contributed by atoms with Crippen molar-refractivity contribution in [3.05, 3.63) is 0 Å². The molecular formula is C23H47I2N-2. The Hall–Kier alpha value is 1.42. The van der Waals surface area contributed by atoms with Gasteiger partial charge in [-0.05, 0) is 0 Å². The molecule has 1 aliphatic rings. The topological polar surface area (TPSA) is 12.0 Å². The molecule has 1 atom stereocenters. The molecule has 1 rings (SSSR count). The molecule has 1 N–H and O–H groups in total. The molecular weight excluding hydrogens is 544 g/mol. The van der Waals surface area contributed by atoms with Crippen molar-refractivity contribution in [3.8, 4) is 0 Å². The molecule has 26 heavy (non-hydrogen) atoms. The van der Waals surface area contributed by atoms with Crippen LogP contribution in [0.25, 0.3) is 0 Å². The molecule has 3 heteroatoms. The van der Waals surface area contributed by atoms with Gasteiger partial charge >= 0.3 is 188 Å². The van der Waals surface area contributed by atoms with Gasteiger partial charge in [0.15, 0.2) is 0 Å². The van der Waals surface area contributed by atoms with Crippen LogP contribution in [-0.2, 0) is 0 Å². The van der Waals surface area contributed by atoms with E-state index >= 15 is 0 Å². The monoisotopic (exact) mass is 591 g/mol. The molecule has 0 heterocycles. The van der Waals surface area contributed by atoms with Crippen LogP contribution in [0.4, 0.5) is 0 Å². The van der Waals surface area contributed by atoms with E-state index < -0.39 is 0 Å². The summed E-state index contributed by atoms with van der Waals surface area (Å²) in [5, 5.41) is 3.97. The Labute approximate surface area is 186 Å². The third-order valence-electron chi connectivity index (χ3n) is 6.43. The zero-order chi connectivity index (χ0) is 19.7. The first-order valence-corrected chi connectivity index (χ1v) is 17.3. The second-order valence-corrected chi connectivity index (χ2v) is 16.1. The number of hydrogen-bond donors (Lipinski definition) is 1. The van der Waals surface area contributed by atoms with E-state index in [1.54, 1.807) is 8.86 Å². The van der Waals surface area contributed by atoms with E-state index in [9.17, 15) is 0 Å². The van der Waals surface area contributed by atoms with Gasteiger partial charge in [0.2, 0.25) is 0 Å². The van der Waals surface area contributed by atoms with E-state index in [-0.39, 0.29) is 21.2 Å². The van der Waals surface area contributed by atoms with E-state index in [1.807, 2.05) is 0 Å². The SMILES string of the molecule is CCNC([I-]CC[I-]C)C1(C)CCCC(C)(C)CCCC(C)(C)CCC1. The zero-order valence-corrected chi connectivity index (χ0v) is 23.1. The summed E-state index contributed by atoms with van der Waals surface area (Å²) in [4.78, 5) is 2.45. The van der Waals surface area contributed by atoms with Crippen LogP contribution >= 0.6 is 0 Å². The predicted octanol–water partition coefficient (Wildman–Crippen LogP) is 0.313. The van der Waals surface area contributed by atoms with Crippen molar-refractivity contribution in [2.24, 2.45) is 16.2 Å². The Balaban J connectivity index is 2.87. The standard InChI is InChI=1S/C23H47I2N/c1-8-26-20(25-19-18-24-7)23(6)16-10-14-21(2,3)12-9-13-22(4,5)15-11-17-23/h20,26H,8-19H2,1-7H3/q-2. The quantitative estimate of drug-likeness (QED) is 0.195. The fraction of sp³-hybridized carbons (Fsp3) is 1.00. The van der Waals surface area contributed by atoms with Crippen LogP contribution < -0.4 is 47.7 Å². The average molecular weight is 591 g/mol. The van der Waals surface area contributed by atoms with Crippen LogP contribution in [-0.4, -0.2) is 24.4 Å². The minimum atomic E-state index is 0.290. The number of rotatable bonds is 7. The molecule has 0 aromatic carbocycles. The molecule has 1 unspecified atom stereocenters. The molecule has 0 spiro atoms. The third-order valence-corrected chi connectivity index (χ3v) is 14.1. The Morgan fingerprint density at radius 2 is 1.23 bits per heavy atom. The molecule has 0 bridgehead atoms. The summed E-state index contributed by atoms with van der Waals surface area (Å²) in [6.45, 7) is 16.2. The van der Waals surface area contributed by atoms with Gasteiger partial charge in [-0.3, -0.25) is 0 Å². The summed E-state index contributed by atoms with van der Waals surface area (Å²) in [5.41, 5.74) is 1.60. The van der Waals surface area contributed by atoms with Crippen LogP contribution in [0.1, 0.15) is 99.3 Å². The van der Waals surface area contributed by atoms with Crippen molar-refractivity contribution in [2.45, 2.75) is 103 Å². The number of alkyl halides is 4. The van der Waals surface area contributed by atoms with Gasteiger partial charge in [0.1, 0.15) is 0 Å². The summed E-state index contributed by atoms with van der Waals surface area (Å²) in [7, 11) is 0. The van der Waals surface area contributed by atoms with Crippen LogP contribution in [0.2, 0.25) is 0 Å². The summed E-state index contributed by atoms with van der Waals surface area (Å²) in [6.07, 6.45) is 12.8. The van der Waals surface area contributed by atoms with Crippen LogP contribution in [0.5, 0.6) is 0 Å². The maximum absolute atomic E-state index is 3.97. The number of nitrogens with one attached hydrogen (secondary N) is 1. The minimum absolute atomic E-state index is 0.290. The van der Waals surface area contributed by atoms with Gasteiger partial charge in [-0.25, -0.2) is 0 Å². The van der Waals surface area contributed by atoms with Gasteiger partial charge in [0.25, 0.3) is 0 Å². The summed E-state index contributed by atoms with van der Waals surface area (Å²) < 4.78 is 3.92. The molecule has 0 saturated heterocycles. The van der Waals surface area contributed by atoms with E-state index in [0.29, 0.717) is 37.5 Å². The molecule has 1 saturated carbocycles. The summed E-state index contributed by atoms with van der Waals surface area (Å²) in [5.74, 6) is 0. The third kappa shape index (κ3) is 9.76. The molecule has 0 aromatic heterocycles. The molecule has 0 amide bonds. The van der Waals surface area contributed by atoms with Crippen LogP contribution in [0.3, 0.4) is 0 Å². The van der Waals surface area contributed by atoms with E-state index in [0.717, 1.165) is 10.6 Å². The van der Waals surface area contributed by atoms with E-state index in [2.05, 4.69) is 51.8 Å². The van der Waals surface area contributed by atoms with Crippen molar-refractivity contribution < 1.29 is 42.4 Å².